The molecule has 1 amide bonds. The third kappa shape index (κ3) is 3.95. The number of aromatic hydroxyl groups is 1. The minimum absolute atomic E-state index is 0.0826. The van der Waals surface area contributed by atoms with Gasteiger partial charge in [0.2, 0.25) is 0 Å². The van der Waals surface area contributed by atoms with Crippen molar-refractivity contribution in [3.8, 4) is 5.75 Å². The van der Waals surface area contributed by atoms with Gasteiger partial charge in [-0.25, -0.2) is 4.39 Å². The largest absolute Gasteiger partial charge is 0.505 e. The molecule has 1 aromatic carbocycles. The second kappa shape index (κ2) is 7.55. The van der Waals surface area contributed by atoms with E-state index in [0.717, 1.165) is 11.1 Å². The molecule has 0 fully saturated rings. The number of aromatic amines is 1. The number of aromatic nitrogens is 2. The second-order valence-corrected chi connectivity index (χ2v) is 6.28. The Morgan fingerprint density at radius 2 is 2.00 bits per heavy atom. The lowest BCUT2D eigenvalue weighted by Crippen LogP contribution is -2.37. The maximum Gasteiger partial charge on any atom is 0.265 e. The van der Waals surface area contributed by atoms with E-state index in [0.29, 0.717) is 6.42 Å². The van der Waals surface area contributed by atoms with Crippen LogP contribution < -0.4 is 10.9 Å². The molecule has 0 saturated carbocycles. The zero-order chi connectivity index (χ0) is 19.6. The molecule has 3 aromatic rings. The number of nitrogens with one attached hydrogen (secondary N) is 2. The smallest absolute Gasteiger partial charge is 0.265 e. The average molecular weight is 371 g/mol. The van der Waals surface area contributed by atoms with Crippen LogP contribution >= 0.6 is 0 Å². The molecule has 1 atom stereocenters. The van der Waals surface area contributed by atoms with Crippen molar-refractivity contribution in [2.75, 3.05) is 6.61 Å². The molecular formula is C19H18FN3O4. The molecule has 8 heteroatoms. The van der Waals surface area contributed by atoms with Gasteiger partial charge < -0.3 is 20.5 Å². The summed E-state index contributed by atoms with van der Waals surface area (Å²) in [5.41, 5.74) is 0.751. The Hall–Kier alpha value is -3.26. The van der Waals surface area contributed by atoms with Crippen molar-refractivity contribution >= 4 is 16.9 Å². The molecule has 0 saturated heterocycles. The molecule has 140 valence electrons. The Morgan fingerprint density at radius 1 is 1.30 bits per heavy atom. The van der Waals surface area contributed by atoms with Crippen molar-refractivity contribution in [2.45, 2.75) is 19.4 Å². The number of H-pyrrole nitrogens is 1. The number of aliphatic hydroxyl groups is 1. The van der Waals surface area contributed by atoms with Gasteiger partial charge in [0.05, 0.1) is 12.1 Å². The summed E-state index contributed by atoms with van der Waals surface area (Å²) >= 11 is 0. The fourth-order valence-corrected chi connectivity index (χ4v) is 2.69. The molecule has 4 N–H and O–H groups in total. The highest BCUT2D eigenvalue weighted by molar-refractivity contribution is 6.01. The van der Waals surface area contributed by atoms with Crippen LogP contribution in [0.3, 0.4) is 0 Å². The van der Waals surface area contributed by atoms with Gasteiger partial charge >= 0.3 is 0 Å². The number of rotatable bonds is 5. The average Bonchev–Trinajstić information content (AvgIpc) is 2.63. The van der Waals surface area contributed by atoms with Crippen molar-refractivity contribution < 1.29 is 19.4 Å². The number of carbonyl (C=O) groups excluding carboxylic acids is 1. The van der Waals surface area contributed by atoms with Crippen LogP contribution in [0.4, 0.5) is 4.39 Å². The second-order valence-electron chi connectivity index (χ2n) is 6.28. The van der Waals surface area contributed by atoms with Crippen molar-refractivity contribution in [3.05, 3.63) is 69.4 Å². The third-order valence-corrected chi connectivity index (χ3v) is 4.08. The molecule has 0 unspecified atom stereocenters. The van der Waals surface area contributed by atoms with Crippen LogP contribution in [0.5, 0.6) is 5.75 Å². The van der Waals surface area contributed by atoms with Gasteiger partial charge in [-0.1, -0.05) is 12.1 Å². The Kier molecular flexibility index (Phi) is 5.18. The number of aliphatic hydroxyl groups excluding tert-OH is 1. The number of hydrogen-bond acceptors (Lipinski definition) is 5. The van der Waals surface area contributed by atoms with E-state index in [1.165, 1.54) is 18.3 Å². The molecule has 27 heavy (non-hydrogen) atoms. The van der Waals surface area contributed by atoms with Crippen molar-refractivity contribution in [1.82, 2.24) is 15.3 Å². The van der Waals surface area contributed by atoms with Crippen LogP contribution in [0.1, 0.15) is 28.4 Å². The highest BCUT2D eigenvalue weighted by Crippen LogP contribution is 2.24. The number of hydrogen-bond donors (Lipinski definition) is 4. The summed E-state index contributed by atoms with van der Waals surface area (Å²) in [5, 5.41) is 21.8. The van der Waals surface area contributed by atoms with E-state index in [4.69, 9.17) is 5.11 Å². The molecule has 2 aromatic heterocycles. The van der Waals surface area contributed by atoms with Gasteiger partial charge in [-0.15, -0.1) is 0 Å². The SMILES string of the molecule is C[C@@H](CO)NC(=O)c1c(O)c2ncc(Cc3ccc(F)cc3)cc2[nH]c1=O. The Balaban J connectivity index is 1.96. The zero-order valence-electron chi connectivity index (χ0n) is 14.5. The molecule has 0 aliphatic heterocycles. The fourth-order valence-electron chi connectivity index (χ4n) is 2.69. The zero-order valence-corrected chi connectivity index (χ0v) is 14.5. The van der Waals surface area contributed by atoms with Gasteiger partial charge in [-0.3, -0.25) is 14.6 Å². The lowest BCUT2D eigenvalue weighted by Gasteiger charge is -2.12. The van der Waals surface area contributed by atoms with Crippen LogP contribution in [-0.4, -0.2) is 38.7 Å². The predicted octanol–water partition coefficient (Wildman–Crippen LogP) is 1.47. The molecule has 0 spiro atoms. The van der Waals surface area contributed by atoms with Gasteiger partial charge in [-0.2, -0.15) is 0 Å². The van der Waals surface area contributed by atoms with Crippen molar-refractivity contribution in [3.63, 3.8) is 0 Å². The van der Waals surface area contributed by atoms with Gasteiger partial charge in [0.15, 0.2) is 5.75 Å². The van der Waals surface area contributed by atoms with Crippen molar-refractivity contribution in [2.24, 2.45) is 0 Å². The summed E-state index contributed by atoms with van der Waals surface area (Å²) in [4.78, 5) is 31.1. The maximum absolute atomic E-state index is 13.0. The Labute approximate surface area is 153 Å². The fraction of sp³-hybridized carbons (Fsp3) is 0.211. The lowest BCUT2D eigenvalue weighted by atomic mass is 10.1. The quantitative estimate of drug-likeness (QED) is 0.542. The van der Waals surface area contributed by atoms with E-state index in [-0.39, 0.29) is 23.5 Å². The number of amides is 1. The summed E-state index contributed by atoms with van der Waals surface area (Å²) < 4.78 is 13.0. The van der Waals surface area contributed by atoms with Crippen LogP contribution in [0.2, 0.25) is 0 Å². The number of carbonyl (C=O) groups is 1. The van der Waals surface area contributed by atoms with E-state index < -0.39 is 28.8 Å². The molecule has 0 aliphatic carbocycles. The summed E-state index contributed by atoms with van der Waals surface area (Å²) in [6.45, 7) is 1.26. The Bertz CT molecular complexity index is 1050. The first kappa shape index (κ1) is 18.5. The number of benzene rings is 1. The first-order valence-electron chi connectivity index (χ1n) is 8.29. The van der Waals surface area contributed by atoms with E-state index in [1.807, 2.05) is 0 Å². The third-order valence-electron chi connectivity index (χ3n) is 4.08. The van der Waals surface area contributed by atoms with E-state index in [9.17, 15) is 19.1 Å². The Morgan fingerprint density at radius 3 is 2.67 bits per heavy atom. The molecule has 0 aliphatic rings. The summed E-state index contributed by atoms with van der Waals surface area (Å²) in [6, 6.07) is 7.08. The standard InChI is InChI=1S/C19H18FN3O4/c1-10(9-24)22-18(26)15-17(25)16-14(23-19(15)27)7-12(8-21-16)6-11-2-4-13(20)5-3-11/h2-5,7-8,10,24H,6,9H2,1H3,(H,22,26)(H2,23,25,27)/t10-/m0/s1. The first-order valence-corrected chi connectivity index (χ1v) is 8.29. The lowest BCUT2D eigenvalue weighted by molar-refractivity contribution is 0.0918. The number of nitrogens with zero attached hydrogens (tertiary/aromatic N) is 1. The van der Waals surface area contributed by atoms with Gasteiger partial charge in [-0.05, 0) is 42.7 Å². The molecule has 2 heterocycles. The molecule has 0 bridgehead atoms. The van der Waals surface area contributed by atoms with E-state index in [1.54, 1.807) is 25.1 Å². The number of fused-ring (bicyclic) bond motifs is 1. The number of halogens is 1. The minimum Gasteiger partial charge on any atom is -0.505 e. The van der Waals surface area contributed by atoms with Gasteiger partial charge in [0, 0.05) is 12.2 Å². The normalized spacial score (nSPS) is 12.1. The topological polar surface area (TPSA) is 115 Å². The first-order chi connectivity index (χ1) is 12.9. The maximum atomic E-state index is 13.0. The molecule has 3 rings (SSSR count). The highest BCUT2D eigenvalue weighted by Gasteiger charge is 2.21. The minimum atomic E-state index is -0.797. The van der Waals surface area contributed by atoms with Crippen LogP contribution in [0.25, 0.3) is 11.0 Å². The van der Waals surface area contributed by atoms with E-state index >= 15 is 0 Å². The number of pyridine rings is 2. The summed E-state index contributed by atoms with van der Waals surface area (Å²) in [7, 11) is 0. The summed E-state index contributed by atoms with van der Waals surface area (Å²) in [5.74, 6) is -1.65. The predicted molar refractivity (Wildman–Crippen MR) is 97.2 cm³/mol. The van der Waals surface area contributed by atoms with Crippen LogP contribution in [-0.2, 0) is 6.42 Å². The van der Waals surface area contributed by atoms with Gasteiger partial charge in [0.25, 0.3) is 11.5 Å². The van der Waals surface area contributed by atoms with E-state index in [2.05, 4.69) is 15.3 Å². The molecule has 0 radical (unpaired) electrons. The summed E-state index contributed by atoms with van der Waals surface area (Å²) in [6.07, 6.45) is 1.98. The van der Waals surface area contributed by atoms with Crippen LogP contribution in [0, 0.1) is 5.82 Å². The van der Waals surface area contributed by atoms with Crippen LogP contribution in [0.15, 0.2) is 41.3 Å². The van der Waals surface area contributed by atoms with Crippen molar-refractivity contribution in [1.29, 1.82) is 0 Å². The molecule has 7 nitrogen and oxygen atoms in total. The monoisotopic (exact) mass is 371 g/mol. The molecular weight excluding hydrogens is 353 g/mol. The highest BCUT2D eigenvalue weighted by atomic mass is 19.1. The van der Waals surface area contributed by atoms with Gasteiger partial charge in [0.1, 0.15) is 16.9 Å².